The molecule has 1 aliphatic rings. The highest BCUT2D eigenvalue weighted by molar-refractivity contribution is 7.89. The van der Waals surface area contributed by atoms with Crippen LogP contribution in [-0.2, 0) is 10.0 Å². The zero-order valence-corrected chi connectivity index (χ0v) is 15.4. The fourth-order valence-electron chi connectivity index (χ4n) is 3.08. The number of piperidine rings is 1. The zero-order valence-electron chi connectivity index (χ0n) is 14.6. The minimum absolute atomic E-state index is 0.0208. The molecule has 1 aromatic heterocycles. The van der Waals surface area contributed by atoms with Crippen molar-refractivity contribution in [2.45, 2.75) is 17.7 Å². The van der Waals surface area contributed by atoms with E-state index in [1.54, 1.807) is 12.4 Å². The summed E-state index contributed by atoms with van der Waals surface area (Å²) in [6.07, 6.45) is 5.32. The molecule has 1 N–H and O–H groups in total. The van der Waals surface area contributed by atoms with Gasteiger partial charge in [0.05, 0.1) is 12.0 Å². The van der Waals surface area contributed by atoms with Crippen molar-refractivity contribution < 1.29 is 17.5 Å². The lowest BCUT2D eigenvalue weighted by Gasteiger charge is -2.33. The number of nitrogens with zero attached hydrogens (tertiary/aromatic N) is 2. The third-order valence-electron chi connectivity index (χ3n) is 4.64. The molecule has 140 valence electrons. The van der Waals surface area contributed by atoms with Crippen LogP contribution in [0, 0.1) is 11.7 Å². The van der Waals surface area contributed by atoms with Crippen LogP contribution >= 0.6 is 0 Å². The van der Waals surface area contributed by atoms with Gasteiger partial charge in [-0.05, 0) is 49.1 Å². The lowest BCUT2D eigenvalue weighted by molar-refractivity contribution is 0.385. The first-order chi connectivity index (χ1) is 12.5. The van der Waals surface area contributed by atoms with E-state index in [0.29, 0.717) is 6.54 Å². The van der Waals surface area contributed by atoms with Crippen LogP contribution in [0.5, 0.6) is 5.75 Å². The predicted octanol–water partition coefficient (Wildman–Crippen LogP) is 2.42. The number of benzene rings is 1. The second-order valence-corrected chi connectivity index (χ2v) is 8.05. The number of halogens is 1. The second kappa shape index (κ2) is 8.01. The third-order valence-corrected chi connectivity index (χ3v) is 6.06. The fourth-order valence-corrected chi connectivity index (χ4v) is 4.20. The highest BCUT2D eigenvalue weighted by Gasteiger charge is 2.22. The summed E-state index contributed by atoms with van der Waals surface area (Å²) in [5, 5.41) is 0. The van der Waals surface area contributed by atoms with Gasteiger partial charge >= 0.3 is 0 Å². The van der Waals surface area contributed by atoms with Gasteiger partial charge in [0.1, 0.15) is 0 Å². The van der Waals surface area contributed by atoms with Crippen molar-refractivity contribution in [1.29, 1.82) is 0 Å². The van der Waals surface area contributed by atoms with Crippen LogP contribution in [0.25, 0.3) is 0 Å². The van der Waals surface area contributed by atoms with E-state index >= 15 is 0 Å². The largest absolute Gasteiger partial charge is 0.494 e. The zero-order chi connectivity index (χ0) is 18.6. The normalized spacial score (nSPS) is 15.8. The fraction of sp³-hybridized carbons (Fsp3) is 0.389. The molecule has 1 aliphatic heterocycles. The summed E-state index contributed by atoms with van der Waals surface area (Å²) in [5.74, 6) is -0.417. The molecule has 2 heterocycles. The van der Waals surface area contributed by atoms with Gasteiger partial charge in [0.2, 0.25) is 10.0 Å². The van der Waals surface area contributed by atoms with Crippen LogP contribution in [0.3, 0.4) is 0 Å². The number of methoxy groups -OCH3 is 1. The van der Waals surface area contributed by atoms with E-state index in [2.05, 4.69) is 14.6 Å². The molecule has 0 amide bonds. The van der Waals surface area contributed by atoms with E-state index in [-0.39, 0.29) is 16.6 Å². The minimum Gasteiger partial charge on any atom is -0.494 e. The Morgan fingerprint density at radius 2 is 1.92 bits per heavy atom. The Hall–Kier alpha value is -2.19. The van der Waals surface area contributed by atoms with Gasteiger partial charge < -0.3 is 9.64 Å². The minimum atomic E-state index is -3.74. The number of nitrogens with one attached hydrogen (secondary N) is 1. The Labute approximate surface area is 153 Å². The summed E-state index contributed by atoms with van der Waals surface area (Å²) in [6, 6.07) is 7.59. The molecule has 0 atom stereocenters. The summed E-state index contributed by atoms with van der Waals surface area (Å²) < 4.78 is 45.9. The average Bonchev–Trinajstić information content (AvgIpc) is 2.67. The highest BCUT2D eigenvalue weighted by atomic mass is 32.2. The van der Waals surface area contributed by atoms with Gasteiger partial charge in [-0.25, -0.2) is 17.5 Å². The molecule has 26 heavy (non-hydrogen) atoms. The van der Waals surface area contributed by atoms with Crippen molar-refractivity contribution >= 4 is 15.7 Å². The standard InChI is InChI=1S/C18H22FN3O3S/c1-25-18-3-2-16(12-17(18)19)26(23,24)21-13-14-6-10-22(11-7-14)15-4-8-20-9-5-15/h2-5,8-9,12,14,21H,6-7,10-11,13H2,1H3. The van der Waals surface area contributed by atoms with Gasteiger partial charge in [0.25, 0.3) is 0 Å². The SMILES string of the molecule is COc1ccc(S(=O)(=O)NCC2CCN(c3ccncc3)CC2)cc1F. The molecule has 0 saturated carbocycles. The van der Waals surface area contributed by atoms with Crippen molar-refractivity contribution in [2.24, 2.45) is 5.92 Å². The molecule has 0 aliphatic carbocycles. The van der Waals surface area contributed by atoms with E-state index in [9.17, 15) is 12.8 Å². The summed E-state index contributed by atoms with van der Waals surface area (Å²) in [4.78, 5) is 6.20. The molecule has 1 saturated heterocycles. The monoisotopic (exact) mass is 379 g/mol. The smallest absolute Gasteiger partial charge is 0.240 e. The molecule has 2 aromatic rings. The molecule has 0 bridgehead atoms. The Morgan fingerprint density at radius 3 is 2.54 bits per heavy atom. The molecule has 1 aromatic carbocycles. The van der Waals surface area contributed by atoms with E-state index in [1.807, 2.05) is 12.1 Å². The van der Waals surface area contributed by atoms with Crippen LogP contribution in [0.1, 0.15) is 12.8 Å². The number of anilines is 1. The second-order valence-electron chi connectivity index (χ2n) is 6.28. The predicted molar refractivity (Wildman–Crippen MR) is 97.3 cm³/mol. The quantitative estimate of drug-likeness (QED) is 0.835. The lowest BCUT2D eigenvalue weighted by atomic mass is 9.97. The van der Waals surface area contributed by atoms with Crippen LogP contribution in [0.4, 0.5) is 10.1 Å². The van der Waals surface area contributed by atoms with Gasteiger partial charge in [-0.1, -0.05) is 0 Å². The van der Waals surface area contributed by atoms with Crippen molar-refractivity contribution in [1.82, 2.24) is 9.71 Å². The number of sulfonamides is 1. The topological polar surface area (TPSA) is 71.5 Å². The number of rotatable bonds is 6. The van der Waals surface area contributed by atoms with Crippen LogP contribution in [0.2, 0.25) is 0 Å². The van der Waals surface area contributed by atoms with Gasteiger partial charge in [-0.15, -0.1) is 0 Å². The Bertz CT molecular complexity index is 838. The van der Waals surface area contributed by atoms with Crippen molar-refractivity contribution in [3.8, 4) is 5.75 Å². The number of pyridine rings is 1. The summed E-state index contributed by atoms with van der Waals surface area (Å²) >= 11 is 0. The van der Waals surface area contributed by atoms with Crippen molar-refractivity contribution in [3.63, 3.8) is 0 Å². The Kier molecular flexibility index (Phi) is 5.73. The van der Waals surface area contributed by atoms with Gasteiger partial charge in [0, 0.05) is 37.7 Å². The molecular weight excluding hydrogens is 357 g/mol. The van der Waals surface area contributed by atoms with E-state index < -0.39 is 15.8 Å². The first-order valence-corrected chi connectivity index (χ1v) is 9.96. The maximum Gasteiger partial charge on any atom is 0.240 e. The summed E-state index contributed by atoms with van der Waals surface area (Å²) in [5.41, 5.74) is 1.13. The Balaban J connectivity index is 1.55. The molecule has 3 rings (SSSR count). The highest BCUT2D eigenvalue weighted by Crippen LogP contribution is 2.24. The molecular formula is C18H22FN3O3S. The van der Waals surface area contributed by atoms with Crippen molar-refractivity contribution in [3.05, 3.63) is 48.5 Å². The summed E-state index contributed by atoms with van der Waals surface area (Å²) in [7, 11) is -2.40. The van der Waals surface area contributed by atoms with Gasteiger partial charge in [-0.2, -0.15) is 0 Å². The first-order valence-electron chi connectivity index (χ1n) is 8.48. The summed E-state index contributed by atoms with van der Waals surface area (Å²) in [6.45, 7) is 2.08. The van der Waals surface area contributed by atoms with Crippen LogP contribution in [-0.4, -0.2) is 40.1 Å². The van der Waals surface area contributed by atoms with Gasteiger partial charge in [0.15, 0.2) is 11.6 Å². The van der Waals surface area contributed by atoms with Crippen LogP contribution < -0.4 is 14.4 Å². The Morgan fingerprint density at radius 1 is 1.23 bits per heavy atom. The maximum absolute atomic E-state index is 13.8. The first kappa shape index (κ1) is 18.6. The molecule has 8 heteroatoms. The lowest BCUT2D eigenvalue weighted by Crippen LogP contribution is -2.38. The third kappa shape index (κ3) is 4.31. The molecule has 0 radical (unpaired) electrons. The van der Waals surface area contributed by atoms with E-state index in [1.165, 1.54) is 19.2 Å². The number of hydrogen-bond acceptors (Lipinski definition) is 5. The van der Waals surface area contributed by atoms with E-state index in [0.717, 1.165) is 37.7 Å². The molecule has 0 unspecified atom stereocenters. The molecule has 0 spiro atoms. The molecule has 1 fully saturated rings. The maximum atomic E-state index is 13.8. The average molecular weight is 379 g/mol. The van der Waals surface area contributed by atoms with E-state index in [4.69, 9.17) is 4.74 Å². The number of ether oxygens (including phenoxy) is 1. The van der Waals surface area contributed by atoms with Crippen LogP contribution in [0.15, 0.2) is 47.6 Å². The van der Waals surface area contributed by atoms with Crippen molar-refractivity contribution in [2.75, 3.05) is 31.6 Å². The number of aromatic nitrogens is 1. The number of hydrogen-bond donors (Lipinski definition) is 1. The molecule has 6 nitrogen and oxygen atoms in total. The van der Waals surface area contributed by atoms with Gasteiger partial charge in [-0.3, -0.25) is 4.98 Å².